The summed E-state index contributed by atoms with van der Waals surface area (Å²) < 4.78 is 1.96. The van der Waals surface area contributed by atoms with Crippen LogP contribution in [0.3, 0.4) is 0 Å². The van der Waals surface area contributed by atoms with Crippen LogP contribution in [-0.2, 0) is 6.54 Å². The number of hydrogen-bond donors (Lipinski definition) is 0. The minimum absolute atomic E-state index is 0.143. The van der Waals surface area contributed by atoms with E-state index in [1.165, 1.54) is 5.56 Å². The molecule has 0 bridgehead atoms. The zero-order valence-electron chi connectivity index (χ0n) is 10.2. The van der Waals surface area contributed by atoms with Crippen molar-refractivity contribution < 1.29 is 9.36 Å². The highest BCUT2D eigenvalue weighted by Crippen LogP contribution is 2.04. The Morgan fingerprint density at radius 1 is 1.06 bits per heavy atom. The van der Waals surface area contributed by atoms with Crippen molar-refractivity contribution in [2.24, 2.45) is 0 Å². The zero-order valence-corrected chi connectivity index (χ0v) is 10.2. The van der Waals surface area contributed by atoms with Crippen LogP contribution < -0.4 is 4.57 Å². The molecule has 2 rings (SSSR count). The standard InChI is InChI=1S/C15H16NO/c1-12-6-8-14(9-7-12)15(17)11-16-10-4-3-5-13(16)2/h3-10H,11H2,1-2H3/q+1. The summed E-state index contributed by atoms with van der Waals surface area (Å²) in [6.45, 7) is 4.42. The highest BCUT2D eigenvalue weighted by Gasteiger charge is 2.13. The zero-order chi connectivity index (χ0) is 12.3. The molecular formula is C15H16NO+. The van der Waals surface area contributed by atoms with Crippen LogP contribution in [0, 0.1) is 13.8 Å². The minimum Gasteiger partial charge on any atom is -0.287 e. The van der Waals surface area contributed by atoms with Crippen molar-refractivity contribution in [3.63, 3.8) is 0 Å². The number of benzene rings is 1. The highest BCUT2D eigenvalue weighted by molar-refractivity contribution is 5.95. The molecule has 1 heterocycles. The number of pyridine rings is 1. The summed E-state index contributed by atoms with van der Waals surface area (Å²) in [6, 6.07) is 13.6. The van der Waals surface area contributed by atoms with E-state index in [9.17, 15) is 4.79 Å². The summed E-state index contributed by atoms with van der Waals surface area (Å²) >= 11 is 0. The molecular weight excluding hydrogens is 210 g/mol. The van der Waals surface area contributed by atoms with Crippen LogP contribution in [0.4, 0.5) is 0 Å². The van der Waals surface area contributed by atoms with Crippen molar-refractivity contribution >= 4 is 5.78 Å². The van der Waals surface area contributed by atoms with E-state index >= 15 is 0 Å². The fraction of sp³-hybridized carbons (Fsp3) is 0.200. The Labute approximate surface area is 102 Å². The molecule has 0 spiro atoms. The third kappa shape index (κ3) is 2.78. The van der Waals surface area contributed by atoms with Crippen molar-refractivity contribution in [3.05, 3.63) is 65.5 Å². The average molecular weight is 226 g/mol. The second kappa shape index (κ2) is 4.91. The molecule has 0 aliphatic heterocycles. The molecule has 0 saturated carbocycles. The van der Waals surface area contributed by atoms with Gasteiger partial charge in [-0.15, -0.1) is 0 Å². The first-order valence-corrected chi connectivity index (χ1v) is 5.72. The third-order valence-corrected chi connectivity index (χ3v) is 2.86. The number of carbonyl (C=O) groups excluding carboxylic acids is 1. The maximum atomic E-state index is 12.1. The predicted molar refractivity (Wildman–Crippen MR) is 66.9 cm³/mol. The smallest absolute Gasteiger partial charge is 0.227 e. The van der Waals surface area contributed by atoms with Gasteiger partial charge >= 0.3 is 0 Å². The molecule has 2 heteroatoms. The monoisotopic (exact) mass is 226 g/mol. The maximum Gasteiger partial charge on any atom is 0.227 e. The second-order valence-corrected chi connectivity index (χ2v) is 4.26. The first-order valence-electron chi connectivity index (χ1n) is 5.72. The van der Waals surface area contributed by atoms with Gasteiger partial charge in [0, 0.05) is 24.6 Å². The van der Waals surface area contributed by atoms with Crippen molar-refractivity contribution in [2.45, 2.75) is 20.4 Å². The molecule has 1 aromatic heterocycles. The van der Waals surface area contributed by atoms with Gasteiger partial charge in [0.05, 0.1) is 0 Å². The first-order chi connectivity index (χ1) is 8.16. The summed E-state index contributed by atoms with van der Waals surface area (Å²) in [6.07, 6.45) is 1.93. The molecule has 1 aromatic carbocycles. The van der Waals surface area contributed by atoms with Gasteiger partial charge in [0.2, 0.25) is 12.3 Å². The Balaban J connectivity index is 2.17. The van der Waals surface area contributed by atoms with Gasteiger partial charge in [0.15, 0.2) is 11.9 Å². The van der Waals surface area contributed by atoms with E-state index in [0.29, 0.717) is 6.54 Å². The van der Waals surface area contributed by atoms with Gasteiger partial charge in [-0.05, 0) is 6.92 Å². The van der Waals surface area contributed by atoms with Crippen LogP contribution in [0.1, 0.15) is 21.6 Å². The third-order valence-electron chi connectivity index (χ3n) is 2.86. The van der Waals surface area contributed by atoms with E-state index in [0.717, 1.165) is 11.3 Å². The van der Waals surface area contributed by atoms with Crippen molar-refractivity contribution in [3.8, 4) is 0 Å². The molecule has 0 amide bonds. The Bertz CT molecular complexity index is 529. The largest absolute Gasteiger partial charge is 0.287 e. The lowest BCUT2D eigenvalue weighted by Crippen LogP contribution is -2.40. The van der Waals surface area contributed by atoms with Crippen LogP contribution >= 0.6 is 0 Å². The summed E-state index contributed by atoms with van der Waals surface area (Å²) in [7, 11) is 0. The molecule has 0 unspecified atom stereocenters. The Hall–Kier alpha value is -1.96. The summed E-state index contributed by atoms with van der Waals surface area (Å²) in [5, 5.41) is 0. The van der Waals surface area contributed by atoms with Gasteiger partial charge in [-0.25, -0.2) is 0 Å². The van der Waals surface area contributed by atoms with Gasteiger partial charge < -0.3 is 0 Å². The van der Waals surface area contributed by atoms with E-state index in [1.54, 1.807) is 0 Å². The minimum atomic E-state index is 0.143. The van der Waals surface area contributed by atoms with Gasteiger partial charge in [-0.1, -0.05) is 35.9 Å². The van der Waals surface area contributed by atoms with Gasteiger partial charge in [0.25, 0.3) is 0 Å². The van der Waals surface area contributed by atoms with Crippen LogP contribution in [0.15, 0.2) is 48.7 Å². The van der Waals surface area contributed by atoms with E-state index in [1.807, 2.05) is 67.1 Å². The van der Waals surface area contributed by atoms with Crippen molar-refractivity contribution in [2.75, 3.05) is 0 Å². The summed E-state index contributed by atoms with van der Waals surface area (Å²) in [4.78, 5) is 12.1. The lowest BCUT2D eigenvalue weighted by Gasteiger charge is -2.01. The van der Waals surface area contributed by atoms with E-state index in [2.05, 4.69) is 0 Å². The molecule has 0 N–H and O–H groups in total. The topological polar surface area (TPSA) is 20.9 Å². The fourth-order valence-electron chi connectivity index (χ4n) is 1.72. The lowest BCUT2D eigenvalue weighted by atomic mass is 10.1. The lowest BCUT2D eigenvalue weighted by molar-refractivity contribution is -0.689. The number of hydrogen-bond acceptors (Lipinski definition) is 1. The molecule has 0 aliphatic rings. The van der Waals surface area contributed by atoms with Gasteiger partial charge in [-0.3, -0.25) is 4.79 Å². The van der Waals surface area contributed by atoms with E-state index in [4.69, 9.17) is 0 Å². The first kappa shape index (κ1) is 11.5. The molecule has 0 aliphatic carbocycles. The number of rotatable bonds is 3. The van der Waals surface area contributed by atoms with E-state index in [-0.39, 0.29) is 5.78 Å². The highest BCUT2D eigenvalue weighted by atomic mass is 16.1. The van der Waals surface area contributed by atoms with Gasteiger partial charge in [0.1, 0.15) is 0 Å². The Morgan fingerprint density at radius 3 is 2.41 bits per heavy atom. The molecule has 0 atom stereocenters. The van der Waals surface area contributed by atoms with Crippen molar-refractivity contribution in [1.29, 1.82) is 0 Å². The van der Waals surface area contributed by atoms with E-state index < -0.39 is 0 Å². The number of ketones is 1. The quantitative estimate of drug-likeness (QED) is 0.582. The van der Waals surface area contributed by atoms with Crippen LogP contribution in [-0.4, -0.2) is 5.78 Å². The summed E-state index contributed by atoms with van der Waals surface area (Å²) in [5.41, 5.74) is 3.03. The molecule has 2 aromatic rings. The Morgan fingerprint density at radius 2 is 1.76 bits per heavy atom. The molecule has 17 heavy (non-hydrogen) atoms. The SMILES string of the molecule is Cc1ccc(C(=O)C[n+]2ccccc2C)cc1. The van der Waals surface area contributed by atoms with Gasteiger partial charge in [-0.2, -0.15) is 4.57 Å². The number of nitrogens with zero attached hydrogens (tertiary/aromatic N) is 1. The normalized spacial score (nSPS) is 10.2. The van der Waals surface area contributed by atoms with Crippen LogP contribution in [0.5, 0.6) is 0 Å². The summed E-state index contributed by atoms with van der Waals surface area (Å²) in [5.74, 6) is 0.143. The number of carbonyl (C=O) groups is 1. The molecule has 0 fully saturated rings. The van der Waals surface area contributed by atoms with Crippen LogP contribution in [0.2, 0.25) is 0 Å². The predicted octanol–water partition coefficient (Wildman–Crippen LogP) is 2.47. The number of aryl methyl sites for hydroxylation is 2. The maximum absolute atomic E-state index is 12.1. The average Bonchev–Trinajstić information content (AvgIpc) is 2.33. The van der Waals surface area contributed by atoms with Crippen LogP contribution in [0.25, 0.3) is 0 Å². The number of Topliss-reactive ketones (excluding diaryl/α,β-unsaturated/α-hetero) is 1. The molecule has 0 radical (unpaired) electrons. The molecule has 0 saturated heterocycles. The molecule has 86 valence electrons. The Kier molecular flexibility index (Phi) is 3.33. The second-order valence-electron chi connectivity index (χ2n) is 4.26. The molecule has 2 nitrogen and oxygen atoms in total. The fourth-order valence-corrected chi connectivity index (χ4v) is 1.72. The number of aromatic nitrogens is 1. The van der Waals surface area contributed by atoms with Crippen molar-refractivity contribution in [1.82, 2.24) is 0 Å².